The van der Waals surface area contributed by atoms with Gasteiger partial charge in [0.15, 0.2) is 11.0 Å². The molecule has 0 saturated heterocycles. The Morgan fingerprint density at radius 3 is 2.69 bits per heavy atom. The van der Waals surface area contributed by atoms with E-state index in [1.54, 1.807) is 18.0 Å². The van der Waals surface area contributed by atoms with Gasteiger partial charge in [-0.05, 0) is 38.0 Å². The average Bonchev–Trinajstić information content (AvgIpc) is 3.35. The first kappa shape index (κ1) is 19.8. The number of carbonyl (C=O) groups is 1. The molecule has 1 aliphatic carbocycles. The molecule has 0 spiro atoms. The molecule has 152 valence electrons. The fourth-order valence-electron chi connectivity index (χ4n) is 3.75. The number of nitrogens with one attached hydrogen (secondary N) is 1. The van der Waals surface area contributed by atoms with E-state index in [9.17, 15) is 4.79 Å². The number of carbonyl (C=O) groups excluding carboxylic acids is 1. The average molecular weight is 411 g/mol. The Bertz CT molecular complexity index is 945. The smallest absolute Gasteiger partial charge is 0.221 e. The van der Waals surface area contributed by atoms with Gasteiger partial charge in [-0.25, -0.2) is 0 Å². The summed E-state index contributed by atoms with van der Waals surface area (Å²) in [6.45, 7) is 1.92. The molecule has 0 bridgehead atoms. The summed E-state index contributed by atoms with van der Waals surface area (Å²) in [5, 5.41) is 12.8. The van der Waals surface area contributed by atoms with Crippen LogP contribution >= 0.6 is 11.8 Å². The predicted octanol–water partition coefficient (Wildman–Crippen LogP) is 4.77. The summed E-state index contributed by atoms with van der Waals surface area (Å²) in [5.41, 5.74) is 1.91. The second kappa shape index (κ2) is 9.31. The maximum absolute atomic E-state index is 12.3. The highest BCUT2D eigenvalue weighted by molar-refractivity contribution is 7.99. The van der Waals surface area contributed by atoms with Crippen LogP contribution in [0, 0.1) is 6.92 Å². The van der Waals surface area contributed by atoms with Crippen molar-refractivity contribution in [2.24, 2.45) is 0 Å². The molecule has 0 radical (unpaired) electrons. The van der Waals surface area contributed by atoms with Crippen LogP contribution in [-0.2, 0) is 4.79 Å². The highest BCUT2D eigenvalue weighted by Crippen LogP contribution is 2.30. The number of nitrogens with zero attached hydrogens (tertiary/aromatic N) is 3. The minimum absolute atomic E-state index is 0.126. The van der Waals surface area contributed by atoms with Crippen molar-refractivity contribution in [3.8, 4) is 17.1 Å². The minimum atomic E-state index is 0.126. The Kier molecular flexibility index (Phi) is 6.34. The van der Waals surface area contributed by atoms with Crippen LogP contribution in [0.25, 0.3) is 17.1 Å². The number of furan rings is 1. The molecule has 0 unspecified atom stereocenters. The van der Waals surface area contributed by atoms with Gasteiger partial charge in [0.1, 0.15) is 5.76 Å². The molecule has 1 amide bonds. The first-order valence-corrected chi connectivity index (χ1v) is 11.2. The van der Waals surface area contributed by atoms with Crippen molar-refractivity contribution in [2.75, 3.05) is 5.75 Å². The van der Waals surface area contributed by atoms with E-state index in [1.165, 1.54) is 19.3 Å². The van der Waals surface area contributed by atoms with E-state index in [4.69, 9.17) is 4.42 Å². The molecule has 1 aromatic carbocycles. The Morgan fingerprint density at radius 1 is 1.17 bits per heavy atom. The molecule has 2 heterocycles. The fraction of sp³-hybridized carbons (Fsp3) is 0.409. The number of aromatic nitrogens is 3. The van der Waals surface area contributed by atoms with Gasteiger partial charge in [0, 0.05) is 23.9 Å². The lowest BCUT2D eigenvalue weighted by Crippen LogP contribution is -2.36. The number of benzene rings is 1. The summed E-state index contributed by atoms with van der Waals surface area (Å²) in [6.07, 6.45) is 8.07. The monoisotopic (exact) mass is 410 g/mol. The van der Waals surface area contributed by atoms with Crippen LogP contribution in [-0.4, -0.2) is 32.5 Å². The lowest BCUT2D eigenvalue weighted by atomic mass is 9.95. The van der Waals surface area contributed by atoms with Gasteiger partial charge in [-0.15, -0.1) is 10.2 Å². The van der Waals surface area contributed by atoms with Gasteiger partial charge < -0.3 is 9.73 Å². The van der Waals surface area contributed by atoms with E-state index >= 15 is 0 Å². The number of hydrogen-bond acceptors (Lipinski definition) is 5. The summed E-state index contributed by atoms with van der Waals surface area (Å²) < 4.78 is 7.49. The summed E-state index contributed by atoms with van der Waals surface area (Å²) in [6, 6.07) is 12.3. The molecule has 1 aliphatic rings. The van der Waals surface area contributed by atoms with Gasteiger partial charge >= 0.3 is 0 Å². The Balaban J connectivity index is 1.47. The molecular weight excluding hydrogens is 384 g/mol. The van der Waals surface area contributed by atoms with Crippen LogP contribution in [0.2, 0.25) is 0 Å². The lowest BCUT2D eigenvalue weighted by Gasteiger charge is -2.22. The van der Waals surface area contributed by atoms with Crippen molar-refractivity contribution in [1.82, 2.24) is 20.1 Å². The highest BCUT2D eigenvalue weighted by Gasteiger charge is 2.20. The first-order chi connectivity index (χ1) is 14.2. The third-order valence-corrected chi connectivity index (χ3v) is 6.21. The van der Waals surface area contributed by atoms with E-state index in [1.807, 2.05) is 47.9 Å². The third kappa shape index (κ3) is 4.72. The van der Waals surface area contributed by atoms with Crippen LogP contribution in [0.4, 0.5) is 0 Å². The largest absolute Gasteiger partial charge is 0.469 e. The van der Waals surface area contributed by atoms with Crippen LogP contribution in [0.15, 0.2) is 52.2 Å². The van der Waals surface area contributed by atoms with Crippen molar-refractivity contribution < 1.29 is 9.21 Å². The Labute approximate surface area is 175 Å². The molecule has 7 heteroatoms. The summed E-state index contributed by atoms with van der Waals surface area (Å²) >= 11 is 1.55. The maximum Gasteiger partial charge on any atom is 0.221 e. The number of para-hydroxylation sites is 1. The molecular formula is C22H26N4O2S. The summed E-state index contributed by atoms with van der Waals surface area (Å²) in [7, 11) is 0. The highest BCUT2D eigenvalue weighted by atomic mass is 32.2. The summed E-state index contributed by atoms with van der Waals surface area (Å²) in [5.74, 6) is 2.34. The first-order valence-electron chi connectivity index (χ1n) is 10.2. The van der Waals surface area contributed by atoms with Gasteiger partial charge in [0.2, 0.25) is 5.91 Å². The molecule has 1 N–H and O–H groups in total. The van der Waals surface area contributed by atoms with Gasteiger partial charge in [-0.2, -0.15) is 0 Å². The Morgan fingerprint density at radius 2 is 1.97 bits per heavy atom. The molecule has 0 aliphatic heterocycles. The van der Waals surface area contributed by atoms with Crippen molar-refractivity contribution in [1.29, 1.82) is 0 Å². The van der Waals surface area contributed by atoms with Crippen LogP contribution in [0.1, 0.15) is 44.3 Å². The third-order valence-electron chi connectivity index (χ3n) is 5.28. The van der Waals surface area contributed by atoms with Crippen molar-refractivity contribution in [2.45, 2.75) is 56.6 Å². The molecule has 6 nitrogen and oxygen atoms in total. The van der Waals surface area contributed by atoms with E-state index in [0.717, 1.165) is 40.8 Å². The molecule has 3 aromatic rings. The van der Waals surface area contributed by atoms with Gasteiger partial charge in [-0.3, -0.25) is 9.36 Å². The number of thioether (sulfide) groups is 1. The minimum Gasteiger partial charge on any atom is -0.469 e. The van der Waals surface area contributed by atoms with E-state index in [-0.39, 0.29) is 5.91 Å². The van der Waals surface area contributed by atoms with Gasteiger partial charge in [-0.1, -0.05) is 49.2 Å². The van der Waals surface area contributed by atoms with E-state index in [0.29, 0.717) is 18.2 Å². The lowest BCUT2D eigenvalue weighted by molar-refractivity contribution is -0.121. The fourth-order valence-corrected chi connectivity index (χ4v) is 4.64. The molecule has 1 saturated carbocycles. The second-order valence-corrected chi connectivity index (χ2v) is 8.43. The van der Waals surface area contributed by atoms with Crippen LogP contribution in [0.3, 0.4) is 0 Å². The topological polar surface area (TPSA) is 72.9 Å². The van der Waals surface area contributed by atoms with Crippen LogP contribution in [0.5, 0.6) is 0 Å². The van der Waals surface area contributed by atoms with Gasteiger partial charge in [0.25, 0.3) is 0 Å². The molecule has 0 atom stereocenters. The summed E-state index contributed by atoms with van der Waals surface area (Å²) in [4.78, 5) is 12.3. The van der Waals surface area contributed by atoms with Gasteiger partial charge in [0.05, 0.1) is 11.8 Å². The quantitative estimate of drug-likeness (QED) is 0.568. The van der Waals surface area contributed by atoms with E-state index < -0.39 is 0 Å². The SMILES string of the molecule is Cc1occc1-c1nnc(SCCC(=O)NC2CCCCC2)n1-c1ccccc1. The zero-order chi connectivity index (χ0) is 20.1. The number of aryl methyl sites for hydroxylation is 1. The number of amides is 1. The Hall–Kier alpha value is -2.54. The predicted molar refractivity (Wildman–Crippen MR) is 114 cm³/mol. The zero-order valence-electron chi connectivity index (χ0n) is 16.6. The standard InChI is InChI=1S/C22H26N4O2S/c1-16-19(12-14-28-16)21-24-25-22(26(21)18-10-6-3-7-11-18)29-15-13-20(27)23-17-8-4-2-5-9-17/h3,6-7,10-12,14,17H,2,4-5,8-9,13,15H2,1H3,(H,23,27). The number of hydrogen-bond donors (Lipinski definition) is 1. The van der Waals surface area contributed by atoms with Crippen molar-refractivity contribution in [3.05, 3.63) is 48.4 Å². The zero-order valence-corrected chi connectivity index (χ0v) is 17.5. The van der Waals surface area contributed by atoms with Crippen molar-refractivity contribution in [3.63, 3.8) is 0 Å². The molecule has 29 heavy (non-hydrogen) atoms. The molecule has 2 aromatic heterocycles. The normalized spacial score (nSPS) is 14.8. The van der Waals surface area contributed by atoms with Crippen molar-refractivity contribution >= 4 is 17.7 Å². The molecule has 1 fully saturated rings. The van der Waals surface area contributed by atoms with E-state index in [2.05, 4.69) is 15.5 Å². The van der Waals surface area contributed by atoms with Crippen LogP contribution < -0.4 is 5.32 Å². The number of rotatable bonds is 7. The second-order valence-electron chi connectivity index (χ2n) is 7.37. The molecule has 4 rings (SSSR count). The maximum atomic E-state index is 12.3.